The maximum atomic E-state index is 14.2. The third kappa shape index (κ3) is 2.95. The number of esters is 1. The molecule has 0 unspecified atom stereocenters. The normalized spacial score (nSPS) is 48.5. The zero-order valence-electron chi connectivity index (χ0n) is 23.1. The Balaban J connectivity index is 1.67. The molecule has 3 saturated carbocycles. The molecule has 0 aromatic heterocycles. The van der Waals surface area contributed by atoms with Gasteiger partial charge < -0.3 is 4.74 Å². The molecular formula is C31H44O4. The lowest BCUT2D eigenvalue weighted by molar-refractivity contribution is -0.182. The van der Waals surface area contributed by atoms with Gasteiger partial charge in [0.05, 0.1) is 12.5 Å². The van der Waals surface area contributed by atoms with Crippen molar-refractivity contribution in [3.63, 3.8) is 0 Å². The zero-order valence-corrected chi connectivity index (χ0v) is 23.1. The second kappa shape index (κ2) is 7.19. The highest BCUT2D eigenvalue weighted by Crippen LogP contribution is 2.74. The number of hydrogen-bond acceptors (Lipinski definition) is 4. The average molecular weight is 481 g/mol. The first-order chi connectivity index (χ1) is 16.1. The molecule has 0 amide bonds. The van der Waals surface area contributed by atoms with E-state index in [1.807, 2.05) is 13.0 Å². The second-order valence-corrected chi connectivity index (χ2v) is 14.4. The molecule has 4 nitrogen and oxygen atoms in total. The quantitative estimate of drug-likeness (QED) is 0.395. The molecule has 0 aromatic carbocycles. The molecule has 35 heavy (non-hydrogen) atoms. The van der Waals surface area contributed by atoms with Crippen LogP contribution in [0.2, 0.25) is 0 Å². The number of ketones is 2. The largest absolute Gasteiger partial charge is 0.468 e. The summed E-state index contributed by atoms with van der Waals surface area (Å²) in [7, 11) is 1.47. The van der Waals surface area contributed by atoms with Crippen LogP contribution >= 0.6 is 0 Å². The van der Waals surface area contributed by atoms with Gasteiger partial charge in [-0.05, 0) is 96.7 Å². The van der Waals surface area contributed by atoms with Gasteiger partial charge in [-0.25, -0.2) is 0 Å². The van der Waals surface area contributed by atoms with Crippen molar-refractivity contribution in [1.82, 2.24) is 0 Å². The van der Waals surface area contributed by atoms with Gasteiger partial charge >= 0.3 is 5.97 Å². The number of hydrogen-bond donors (Lipinski definition) is 0. The predicted molar refractivity (Wildman–Crippen MR) is 136 cm³/mol. The molecule has 5 aliphatic rings. The van der Waals surface area contributed by atoms with E-state index in [-0.39, 0.29) is 50.7 Å². The molecule has 0 radical (unpaired) electrons. The first-order valence-corrected chi connectivity index (χ1v) is 13.7. The Bertz CT molecular complexity index is 1080. The highest BCUT2D eigenvalue weighted by atomic mass is 16.5. The zero-order chi connectivity index (χ0) is 25.8. The fraction of sp³-hybridized carbons (Fsp3) is 0.774. The van der Waals surface area contributed by atoms with Gasteiger partial charge in [-0.1, -0.05) is 47.6 Å². The van der Waals surface area contributed by atoms with Crippen LogP contribution in [-0.4, -0.2) is 24.6 Å². The van der Waals surface area contributed by atoms with E-state index in [0.29, 0.717) is 12.2 Å². The van der Waals surface area contributed by atoms with Crippen LogP contribution in [0, 0.1) is 44.3 Å². The number of fused-ring (bicyclic) bond motifs is 7. The summed E-state index contributed by atoms with van der Waals surface area (Å²) in [5.41, 5.74) is 0.877. The summed E-state index contributed by atoms with van der Waals surface area (Å²) >= 11 is 0. The molecule has 0 saturated heterocycles. The maximum absolute atomic E-state index is 14.2. The maximum Gasteiger partial charge on any atom is 0.315 e. The van der Waals surface area contributed by atoms with Gasteiger partial charge in [-0.15, -0.1) is 0 Å². The highest BCUT2D eigenvalue weighted by Gasteiger charge is 2.69. The van der Waals surface area contributed by atoms with Crippen molar-refractivity contribution in [2.75, 3.05) is 7.11 Å². The first kappa shape index (κ1) is 25.0. The van der Waals surface area contributed by atoms with E-state index >= 15 is 0 Å². The monoisotopic (exact) mass is 480 g/mol. The average Bonchev–Trinajstić information content (AvgIpc) is 2.78. The molecule has 3 fully saturated rings. The lowest BCUT2D eigenvalue weighted by Crippen LogP contribution is -2.65. The van der Waals surface area contributed by atoms with Gasteiger partial charge in [0.2, 0.25) is 0 Å². The summed E-state index contributed by atoms with van der Waals surface area (Å²) in [5.74, 6) is 0.580. The van der Waals surface area contributed by atoms with Gasteiger partial charge in [-0.2, -0.15) is 0 Å². The van der Waals surface area contributed by atoms with Crippen LogP contribution in [0.15, 0.2) is 23.3 Å². The molecule has 192 valence electrons. The van der Waals surface area contributed by atoms with E-state index in [0.717, 1.165) is 44.9 Å². The lowest BCUT2D eigenvalue weighted by Gasteiger charge is -2.68. The van der Waals surface area contributed by atoms with Crippen molar-refractivity contribution in [2.24, 2.45) is 44.3 Å². The number of Topliss-reactive ketones (excluding diaryl/α,β-unsaturated/α-hetero) is 1. The molecule has 0 N–H and O–H groups in total. The van der Waals surface area contributed by atoms with Crippen molar-refractivity contribution < 1.29 is 19.1 Å². The van der Waals surface area contributed by atoms with Crippen LogP contribution in [-0.2, 0) is 19.1 Å². The Hall–Kier alpha value is -1.71. The number of allylic oxidation sites excluding steroid dienone is 3. The second-order valence-electron chi connectivity index (χ2n) is 14.4. The van der Waals surface area contributed by atoms with Crippen LogP contribution < -0.4 is 0 Å². The number of rotatable bonds is 1. The van der Waals surface area contributed by atoms with E-state index in [1.165, 1.54) is 18.3 Å². The van der Waals surface area contributed by atoms with E-state index in [2.05, 4.69) is 47.6 Å². The fourth-order valence-corrected chi connectivity index (χ4v) is 9.79. The summed E-state index contributed by atoms with van der Waals surface area (Å²) in [6.45, 7) is 15.6. The molecule has 0 heterocycles. The Morgan fingerprint density at radius 2 is 1.54 bits per heavy atom. The highest BCUT2D eigenvalue weighted by molar-refractivity contribution is 5.97. The van der Waals surface area contributed by atoms with Crippen molar-refractivity contribution in [2.45, 2.75) is 99.8 Å². The van der Waals surface area contributed by atoms with Gasteiger partial charge in [0.25, 0.3) is 0 Å². The minimum absolute atomic E-state index is 0.0112. The van der Waals surface area contributed by atoms with Gasteiger partial charge in [0.1, 0.15) is 5.78 Å². The van der Waals surface area contributed by atoms with Crippen LogP contribution in [0.4, 0.5) is 0 Å². The Kier molecular flexibility index (Phi) is 5.13. The van der Waals surface area contributed by atoms with Crippen LogP contribution in [0.5, 0.6) is 0 Å². The smallest absolute Gasteiger partial charge is 0.315 e. The molecule has 4 heteroatoms. The first-order valence-electron chi connectivity index (χ1n) is 13.7. The number of carbonyl (C=O) groups excluding carboxylic acids is 3. The van der Waals surface area contributed by atoms with Crippen molar-refractivity contribution >= 4 is 17.5 Å². The Labute approximate surface area is 211 Å². The van der Waals surface area contributed by atoms with E-state index in [9.17, 15) is 14.4 Å². The van der Waals surface area contributed by atoms with Gasteiger partial charge in [0.15, 0.2) is 5.78 Å². The minimum Gasteiger partial charge on any atom is -0.468 e. The van der Waals surface area contributed by atoms with Crippen LogP contribution in [0.25, 0.3) is 0 Å². The Morgan fingerprint density at radius 1 is 0.886 bits per heavy atom. The minimum atomic E-state index is -0.652. The van der Waals surface area contributed by atoms with Crippen molar-refractivity contribution in [3.8, 4) is 0 Å². The SMILES string of the molecule is COC(=O)[C@@]1(C)C=C2C3=CC(=O)[C@H]4[C@@]5(C)CCC(=O)C(C)(C)[C@@H]5CC[C@@]4(C)[C@@]3(C)CC[C@@]2(C)CC1. The molecule has 5 aliphatic carbocycles. The van der Waals surface area contributed by atoms with E-state index < -0.39 is 5.41 Å². The molecule has 0 spiro atoms. The lowest BCUT2D eigenvalue weighted by atomic mass is 9.34. The topological polar surface area (TPSA) is 60.4 Å². The number of methoxy groups -OCH3 is 1. The molecular weight excluding hydrogens is 436 g/mol. The van der Waals surface area contributed by atoms with Crippen LogP contribution in [0.1, 0.15) is 99.8 Å². The number of ether oxygens (including phenoxy) is 1. The van der Waals surface area contributed by atoms with E-state index in [1.54, 1.807) is 0 Å². The van der Waals surface area contributed by atoms with Crippen molar-refractivity contribution in [1.29, 1.82) is 0 Å². The molecule has 0 aromatic rings. The molecule has 0 bridgehead atoms. The summed E-state index contributed by atoms with van der Waals surface area (Å²) in [4.78, 5) is 39.9. The molecule has 0 aliphatic heterocycles. The van der Waals surface area contributed by atoms with Gasteiger partial charge in [-0.3, -0.25) is 14.4 Å². The standard InChI is InChI=1S/C31H44O4/c1-26(2)22-9-12-31(7)24(29(22,5)11-10-23(26)33)21(32)17-19-20-18-28(4,25(34)35-8)14-13-27(20,3)15-16-30(19,31)6/h17-18,22,24H,9-16H2,1-8H3/t22-,24-,27+,28+,29-,30-,31+/m0/s1. The Morgan fingerprint density at radius 3 is 2.20 bits per heavy atom. The van der Waals surface area contributed by atoms with Gasteiger partial charge in [0, 0.05) is 17.8 Å². The third-order valence-corrected chi connectivity index (χ3v) is 12.4. The summed E-state index contributed by atoms with van der Waals surface area (Å²) in [5, 5.41) is 0. The summed E-state index contributed by atoms with van der Waals surface area (Å²) < 4.78 is 5.20. The molecule has 5 rings (SSSR count). The fourth-order valence-electron chi connectivity index (χ4n) is 9.79. The molecule has 7 atom stereocenters. The third-order valence-electron chi connectivity index (χ3n) is 12.4. The summed E-state index contributed by atoms with van der Waals surface area (Å²) in [6, 6.07) is 0. The van der Waals surface area contributed by atoms with Crippen molar-refractivity contribution in [3.05, 3.63) is 23.3 Å². The predicted octanol–water partition coefficient (Wildman–Crippen LogP) is 6.63. The summed E-state index contributed by atoms with van der Waals surface area (Å²) in [6.07, 6.45) is 11.3. The number of carbonyl (C=O) groups is 3. The van der Waals surface area contributed by atoms with E-state index in [4.69, 9.17) is 4.74 Å². The van der Waals surface area contributed by atoms with Crippen LogP contribution in [0.3, 0.4) is 0 Å².